The molecule has 0 bridgehead atoms. The summed E-state index contributed by atoms with van der Waals surface area (Å²) in [4.78, 5) is 23.4. The van der Waals surface area contributed by atoms with E-state index in [-0.39, 0.29) is 17.5 Å². The summed E-state index contributed by atoms with van der Waals surface area (Å²) in [5.74, 6) is -0.213. The number of unbranched alkanes of at least 4 members (excludes halogenated alkanes) is 1. The third-order valence-electron chi connectivity index (χ3n) is 3.63. The summed E-state index contributed by atoms with van der Waals surface area (Å²) in [5, 5.41) is 10.1. The maximum Gasteiger partial charge on any atom is 0.305 e. The van der Waals surface area contributed by atoms with Crippen LogP contribution < -0.4 is 0 Å². The number of aryl methyl sites for hydroxylation is 2. The van der Waals surface area contributed by atoms with Gasteiger partial charge in [-0.3, -0.25) is 9.59 Å². The van der Waals surface area contributed by atoms with Crippen LogP contribution in [0.2, 0.25) is 0 Å². The van der Waals surface area contributed by atoms with Crippen LogP contribution in [0.25, 0.3) is 0 Å². The van der Waals surface area contributed by atoms with Crippen molar-refractivity contribution < 1.29 is 19.4 Å². The number of phenols is 1. The molecule has 0 atom stereocenters. The number of Topliss-reactive ketones (excluding diaryl/α,β-unsaturated/α-hetero) is 1. The van der Waals surface area contributed by atoms with Crippen molar-refractivity contribution in [1.82, 2.24) is 0 Å². The highest BCUT2D eigenvalue weighted by molar-refractivity contribution is 6.00. The molecule has 21 heavy (non-hydrogen) atoms. The van der Waals surface area contributed by atoms with Crippen LogP contribution >= 0.6 is 0 Å². The summed E-state index contributed by atoms with van der Waals surface area (Å²) < 4.78 is 4.84. The van der Waals surface area contributed by atoms with E-state index in [1.807, 2.05) is 26.8 Å². The predicted molar refractivity (Wildman–Crippen MR) is 81.7 cm³/mol. The van der Waals surface area contributed by atoms with Gasteiger partial charge in [0.1, 0.15) is 5.75 Å². The number of phenolic OH excluding ortho intramolecular Hbond substituents is 1. The molecule has 4 nitrogen and oxygen atoms in total. The van der Waals surface area contributed by atoms with Gasteiger partial charge in [0.25, 0.3) is 0 Å². The van der Waals surface area contributed by atoms with Gasteiger partial charge in [-0.2, -0.15) is 0 Å². The molecule has 1 N–H and O–H groups in total. The van der Waals surface area contributed by atoms with Gasteiger partial charge in [-0.1, -0.05) is 6.07 Å². The molecule has 0 aliphatic carbocycles. The number of ether oxygens (including phenoxy) is 1. The Labute approximate surface area is 126 Å². The van der Waals surface area contributed by atoms with Gasteiger partial charge in [-0.05, 0) is 57.2 Å². The monoisotopic (exact) mass is 292 g/mol. The Kier molecular flexibility index (Phi) is 6.40. The van der Waals surface area contributed by atoms with Gasteiger partial charge in [0.15, 0.2) is 5.78 Å². The van der Waals surface area contributed by atoms with Crippen LogP contribution in [0.5, 0.6) is 5.75 Å². The van der Waals surface area contributed by atoms with Crippen molar-refractivity contribution in [3.8, 4) is 5.75 Å². The highest BCUT2D eigenvalue weighted by Gasteiger charge is 2.17. The smallest absolute Gasteiger partial charge is 0.305 e. The standard InChI is InChI=1S/C17H24O4/c1-5-21-15(19)9-7-6-8-14(18)16-12(3)10-11(2)13(4)17(16)20/h10,20H,5-9H2,1-4H3. The summed E-state index contributed by atoms with van der Waals surface area (Å²) in [6.07, 6.45) is 1.90. The van der Waals surface area contributed by atoms with E-state index >= 15 is 0 Å². The van der Waals surface area contributed by atoms with Crippen LogP contribution in [-0.2, 0) is 9.53 Å². The van der Waals surface area contributed by atoms with Crippen molar-refractivity contribution >= 4 is 11.8 Å². The fourth-order valence-electron chi connectivity index (χ4n) is 2.33. The quantitative estimate of drug-likeness (QED) is 0.473. The Hall–Kier alpha value is -1.84. The number of benzene rings is 1. The maximum atomic E-state index is 12.2. The highest BCUT2D eigenvalue weighted by atomic mass is 16.5. The zero-order valence-corrected chi connectivity index (χ0v) is 13.3. The summed E-state index contributed by atoms with van der Waals surface area (Å²) in [7, 11) is 0. The lowest BCUT2D eigenvalue weighted by atomic mass is 9.94. The molecule has 0 aromatic heterocycles. The second-order valence-corrected chi connectivity index (χ2v) is 5.29. The third-order valence-corrected chi connectivity index (χ3v) is 3.63. The van der Waals surface area contributed by atoms with Crippen molar-refractivity contribution in [2.75, 3.05) is 6.61 Å². The van der Waals surface area contributed by atoms with Crippen molar-refractivity contribution in [2.45, 2.75) is 53.4 Å². The second-order valence-electron chi connectivity index (χ2n) is 5.29. The Morgan fingerprint density at radius 1 is 1.10 bits per heavy atom. The van der Waals surface area contributed by atoms with Crippen LogP contribution in [0.4, 0.5) is 0 Å². The summed E-state index contributed by atoms with van der Waals surface area (Å²) in [6.45, 7) is 7.70. The largest absolute Gasteiger partial charge is 0.507 e. The molecule has 0 spiro atoms. The fraction of sp³-hybridized carbons (Fsp3) is 0.529. The number of carbonyl (C=O) groups excluding carboxylic acids is 2. The zero-order valence-electron chi connectivity index (χ0n) is 13.3. The molecule has 0 saturated carbocycles. The number of hydrogen-bond donors (Lipinski definition) is 1. The van der Waals surface area contributed by atoms with E-state index in [1.54, 1.807) is 6.92 Å². The van der Waals surface area contributed by atoms with E-state index in [2.05, 4.69) is 0 Å². The lowest BCUT2D eigenvalue weighted by Crippen LogP contribution is -2.06. The molecule has 1 aromatic rings. The summed E-state index contributed by atoms with van der Waals surface area (Å²) in [6, 6.07) is 1.92. The summed E-state index contributed by atoms with van der Waals surface area (Å²) in [5.41, 5.74) is 2.93. The lowest BCUT2D eigenvalue weighted by molar-refractivity contribution is -0.143. The van der Waals surface area contributed by atoms with Gasteiger partial charge < -0.3 is 9.84 Å². The average molecular weight is 292 g/mol. The van der Waals surface area contributed by atoms with Gasteiger partial charge in [-0.25, -0.2) is 0 Å². The first kappa shape index (κ1) is 17.2. The molecule has 0 fully saturated rings. The predicted octanol–water partition coefficient (Wildman–Crippen LogP) is 3.62. The first-order valence-corrected chi connectivity index (χ1v) is 7.37. The number of carbonyl (C=O) groups is 2. The maximum absolute atomic E-state index is 12.2. The minimum Gasteiger partial charge on any atom is -0.507 e. The van der Waals surface area contributed by atoms with Crippen LogP contribution in [0.15, 0.2) is 6.07 Å². The Morgan fingerprint density at radius 2 is 1.71 bits per heavy atom. The lowest BCUT2D eigenvalue weighted by Gasteiger charge is -2.12. The van der Waals surface area contributed by atoms with Crippen LogP contribution in [-0.4, -0.2) is 23.5 Å². The Bertz CT molecular complexity index is 532. The van der Waals surface area contributed by atoms with Crippen molar-refractivity contribution in [3.63, 3.8) is 0 Å². The van der Waals surface area contributed by atoms with Crippen molar-refractivity contribution in [2.24, 2.45) is 0 Å². The Balaban J connectivity index is 2.61. The number of ketones is 1. The van der Waals surface area contributed by atoms with E-state index in [0.717, 1.165) is 16.7 Å². The minimum absolute atomic E-state index is 0.0723. The fourth-order valence-corrected chi connectivity index (χ4v) is 2.33. The van der Waals surface area contributed by atoms with Gasteiger partial charge in [0.2, 0.25) is 0 Å². The van der Waals surface area contributed by atoms with Crippen molar-refractivity contribution in [1.29, 1.82) is 0 Å². The molecule has 0 saturated heterocycles. The first-order chi connectivity index (χ1) is 9.88. The van der Waals surface area contributed by atoms with E-state index < -0.39 is 0 Å². The van der Waals surface area contributed by atoms with E-state index in [9.17, 15) is 14.7 Å². The number of esters is 1. The van der Waals surface area contributed by atoms with Crippen LogP contribution in [0, 0.1) is 20.8 Å². The van der Waals surface area contributed by atoms with E-state index in [0.29, 0.717) is 37.9 Å². The zero-order chi connectivity index (χ0) is 16.0. The number of hydrogen-bond acceptors (Lipinski definition) is 4. The van der Waals surface area contributed by atoms with Crippen molar-refractivity contribution in [3.05, 3.63) is 28.3 Å². The number of aromatic hydroxyl groups is 1. The first-order valence-electron chi connectivity index (χ1n) is 7.37. The van der Waals surface area contributed by atoms with Gasteiger partial charge in [0, 0.05) is 12.8 Å². The molecule has 0 unspecified atom stereocenters. The molecule has 0 aliphatic rings. The molecule has 116 valence electrons. The molecule has 1 rings (SSSR count). The minimum atomic E-state index is -0.227. The third kappa shape index (κ3) is 4.59. The highest BCUT2D eigenvalue weighted by Crippen LogP contribution is 2.29. The topological polar surface area (TPSA) is 63.6 Å². The molecule has 1 aromatic carbocycles. The normalized spacial score (nSPS) is 10.5. The average Bonchev–Trinajstić information content (AvgIpc) is 2.41. The SMILES string of the molecule is CCOC(=O)CCCCC(=O)c1c(C)cc(C)c(C)c1O. The second kappa shape index (κ2) is 7.81. The molecule has 0 radical (unpaired) electrons. The molecule has 0 heterocycles. The molecular formula is C17H24O4. The molecule has 4 heteroatoms. The van der Waals surface area contributed by atoms with Gasteiger partial charge >= 0.3 is 5.97 Å². The van der Waals surface area contributed by atoms with E-state index in [1.165, 1.54) is 0 Å². The van der Waals surface area contributed by atoms with E-state index in [4.69, 9.17) is 4.74 Å². The van der Waals surface area contributed by atoms with Gasteiger partial charge in [0.05, 0.1) is 12.2 Å². The molecule has 0 amide bonds. The van der Waals surface area contributed by atoms with Gasteiger partial charge in [-0.15, -0.1) is 0 Å². The number of rotatable bonds is 7. The molecular weight excluding hydrogens is 268 g/mol. The Morgan fingerprint density at radius 3 is 2.33 bits per heavy atom. The summed E-state index contributed by atoms with van der Waals surface area (Å²) >= 11 is 0. The molecule has 0 aliphatic heterocycles. The van der Waals surface area contributed by atoms with Crippen LogP contribution in [0.3, 0.4) is 0 Å². The van der Waals surface area contributed by atoms with Crippen LogP contribution in [0.1, 0.15) is 59.7 Å².